The second-order valence-electron chi connectivity index (χ2n) is 4.24. The lowest BCUT2D eigenvalue weighted by atomic mass is 10.0. The van der Waals surface area contributed by atoms with Crippen molar-refractivity contribution in [2.45, 2.75) is 0 Å². The summed E-state index contributed by atoms with van der Waals surface area (Å²) in [6, 6.07) is 13.7. The van der Waals surface area contributed by atoms with Crippen LogP contribution < -0.4 is 0 Å². The third kappa shape index (κ3) is 2.20. The standard InChI is InChI=1S/C16H11NOS/c1-11(15-9-17-10-19-15)16(18)14-7-6-12-4-2-3-5-13(12)8-14/h2-10H,1H2. The molecule has 0 atom stereocenters. The van der Waals surface area contributed by atoms with Crippen molar-refractivity contribution >= 4 is 33.5 Å². The minimum absolute atomic E-state index is 0.0463. The number of carbonyl (C=O) groups excluding carboxylic acids is 1. The summed E-state index contributed by atoms with van der Waals surface area (Å²) in [7, 11) is 0. The van der Waals surface area contributed by atoms with E-state index in [-0.39, 0.29) is 5.78 Å². The van der Waals surface area contributed by atoms with Gasteiger partial charge in [-0.25, -0.2) is 0 Å². The fourth-order valence-corrected chi connectivity index (χ4v) is 2.57. The molecule has 3 heteroatoms. The molecule has 92 valence electrons. The Bertz CT molecular complexity index is 759. The minimum Gasteiger partial charge on any atom is -0.289 e. The third-order valence-corrected chi connectivity index (χ3v) is 3.85. The second kappa shape index (κ2) is 4.78. The summed E-state index contributed by atoms with van der Waals surface area (Å²) in [6.07, 6.45) is 1.67. The number of Topliss-reactive ketones (excluding diaryl/α,β-unsaturated/α-hetero) is 1. The highest BCUT2D eigenvalue weighted by Crippen LogP contribution is 2.23. The Balaban J connectivity index is 2.00. The molecule has 3 rings (SSSR count). The van der Waals surface area contributed by atoms with Gasteiger partial charge in [0, 0.05) is 17.3 Å². The van der Waals surface area contributed by atoms with Crippen LogP contribution >= 0.6 is 11.3 Å². The van der Waals surface area contributed by atoms with Gasteiger partial charge in [-0.15, -0.1) is 11.3 Å². The number of hydrogen-bond acceptors (Lipinski definition) is 3. The molecule has 19 heavy (non-hydrogen) atoms. The van der Waals surface area contributed by atoms with Crippen LogP contribution in [0.5, 0.6) is 0 Å². The highest BCUT2D eigenvalue weighted by atomic mass is 32.1. The molecule has 0 spiro atoms. The van der Waals surface area contributed by atoms with Crippen molar-refractivity contribution in [2.24, 2.45) is 0 Å². The molecule has 0 saturated heterocycles. The lowest BCUT2D eigenvalue weighted by Gasteiger charge is -2.04. The molecular formula is C16H11NOS. The molecule has 0 unspecified atom stereocenters. The molecule has 0 saturated carbocycles. The first-order valence-corrected chi connectivity index (χ1v) is 6.75. The Labute approximate surface area is 115 Å². The topological polar surface area (TPSA) is 30.0 Å². The van der Waals surface area contributed by atoms with Gasteiger partial charge in [0.25, 0.3) is 0 Å². The highest BCUT2D eigenvalue weighted by Gasteiger charge is 2.13. The van der Waals surface area contributed by atoms with Crippen LogP contribution in [-0.4, -0.2) is 10.8 Å². The number of thiazole rings is 1. The van der Waals surface area contributed by atoms with Gasteiger partial charge in [0.15, 0.2) is 5.78 Å². The zero-order valence-corrected chi connectivity index (χ0v) is 11.0. The van der Waals surface area contributed by atoms with Crippen molar-refractivity contribution in [1.82, 2.24) is 4.98 Å². The summed E-state index contributed by atoms with van der Waals surface area (Å²) in [6.45, 7) is 3.87. The molecule has 2 aromatic carbocycles. The summed E-state index contributed by atoms with van der Waals surface area (Å²) < 4.78 is 0. The minimum atomic E-state index is -0.0463. The Morgan fingerprint density at radius 1 is 1.11 bits per heavy atom. The number of rotatable bonds is 3. The zero-order chi connectivity index (χ0) is 13.2. The number of benzene rings is 2. The summed E-state index contributed by atoms with van der Waals surface area (Å²) in [4.78, 5) is 17.2. The summed E-state index contributed by atoms with van der Waals surface area (Å²) in [5.41, 5.74) is 2.86. The average molecular weight is 265 g/mol. The maximum Gasteiger partial charge on any atom is 0.193 e. The van der Waals surface area contributed by atoms with Gasteiger partial charge in [-0.05, 0) is 16.8 Å². The molecule has 3 aromatic rings. The molecule has 0 bridgehead atoms. The van der Waals surface area contributed by atoms with Gasteiger partial charge in [0.2, 0.25) is 0 Å². The largest absolute Gasteiger partial charge is 0.289 e. The number of nitrogens with zero attached hydrogens (tertiary/aromatic N) is 1. The van der Waals surface area contributed by atoms with Crippen LogP contribution in [0.25, 0.3) is 16.3 Å². The van der Waals surface area contributed by atoms with Gasteiger partial charge < -0.3 is 0 Å². The van der Waals surface area contributed by atoms with E-state index < -0.39 is 0 Å². The number of carbonyl (C=O) groups is 1. The van der Waals surface area contributed by atoms with Crippen molar-refractivity contribution in [1.29, 1.82) is 0 Å². The Hall–Kier alpha value is -2.26. The van der Waals surface area contributed by atoms with Crippen LogP contribution in [0, 0.1) is 0 Å². The molecule has 0 aliphatic carbocycles. The molecular weight excluding hydrogens is 254 g/mol. The summed E-state index contributed by atoms with van der Waals surface area (Å²) in [5.74, 6) is -0.0463. The van der Waals surface area contributed by atoms with Crippen LogP contribution in [0.15, 0.2) is 60.8 Å². The van der Waals surface area contributed by atoms with E-state index >= 15 is 0 Å². The van der Waals surface area contributed by atoms with E-state index in [1.54, 1.807) is 11.7 Å². The van der Waals surface area contributed by atoms with Gasteiger partial charge >= 0.3 is 0 Å². The number of ketones is 1. The zero-order valence-electron chi connectivity index (χ0n) is 10.2. The van der Waals surface area contributed by atoms with Gasteiger partial charge in [-0.2, -0.15) is 0 Å². The smallest absolute Gasteiger partial charge is 0.193 e. The molecule has 1 aromatic heterocycles. The van der Waals surface area contributed by atoms with E-state index in [1.807, 2.05) is 42.5 Å². The molecule has 0 N–H and O–H groups in total. The Morgan fingerprint density at radius 2 is 1.89 bits per heavy atom. The quantitative estimate of drug-likeness (QED) is 0.525. The van der Waals surface area contributed by atoms with E-state index in [0.717, 1.165) is 15.6 Å². The fraction of sp³-hybridized carbons (Fsp3) is 0. The van der Waals surface area contributed by atoms with E-state index in [4.69, 9.17) is 0 Å². The van der Waals surface area contributed by atoms with Crippen LogP contribution in [0.4, 0.5) is 0 Å². The fourth-order valence-electron chi connectivity index (χ4n) is 1.98. The SMILES string of the molecule is C=C(C(=O)c1ccc2ccccc2c1)c1cncs1. The number of hydrogen-bond donors (Lipinski definition) is 0. The Morgan fingerprint density at radius 3 is 2.63 bits per heavy atom. The first-order chi connectivity index (χ1) is 9.25. The third-order valence-electron chi connectivity index (χ3n) is 3.02. The maximum atomic E-state index is 12.4. The van der Waals surface area contributed by atoms with Crippen molar-refractivity contribution in [3.05, 3.63) is 71.2 Å². The van der Waals surface area contributed by atoms with Crippen molar-refractivity contribution in [3.8, 4) is 0 Å². The monoisotopic (exact) mass is 265 g/mol. The van der Waals surface area contributed by atoms with Gasteiger partial charge in [-0.1, -0.05) is 43.0 Å². The first-order valence-electron chi connectivity index (χ1n) is 5.87. The molecule has 2 nitrogen and oxygen atoms in total. The lowest BCUT2D eigenvalue weighted by molar-refractivity contribution is 0.105. The predicted octanol–water partition coefficient (Wildman–Crippen LogP) is 4.19. The van der Waals surface area contributed by atoms with Crippen LogP contribution in [0.3, 0.4) is 0 Å². The van der Waals surface area contributed by atoms with Crippen LogP contribution in [-0.2, 0) is 0 Å². The number of aromatic nitrogens is 1. The number of allylic oxidation sites excluding steroid dienone is 1. The first kappa shape index (κ1) is 11.8. The summed E-state index contributed by atoms with van der Waals surface area (Å²) in [5, 5.41) is 2.19. The number of fused-ring (bicyclic) bond motifs is 1. The lowest BCUT2D eigenvalue weighted by Crippen LogP contribution is -2.00. The molecule has 1 heterocycles. The van der Waals surface area contributed by atoms with E-state index in [2.05, 4.69) is 11.6 Å². The maximum absolute atomic E-state index is 12.4. The summed E-state index contributed by atoms with van der Waals surface area (Å²) >= 11 is 1.43. The van der Waals surface area contributed by atoms with Crippen LogP contribution in [0.1, 0.15) is 15.2 Å². The molecule has 0 amide bonds. The van der Waals surface area contributed by atoms with Crippen molar-refractivity contribution < 1.29 is 4.79 Å². The molecule has 0 fully saturated rings. The normalized spacial score (nSPS) is 10.5. The van der Waals surface area contributed by atoms with E-state index in [0.29, 0.717) is 11.1 Å². The van der Waals surface area contributed by atoms with Gasteiger partial charge in [0.05, 0.1) is 10.4 Å². The molecule has 0 radical (unpaired) electrons. The highest BCUT2D eigenvalue weighted by molar-refractivity contribution is 7.11. The molecule has 0 aliphatic heterocycles. The predicted molar refractivity (Wildman–Crippen MR) is 79.4 cm³/mol. The van der Waals surface area contributed by atoms with E-state index in [1.165, 1.54) is 11.3 Å². The second-order valence-corrected chi connectivity index (χ2v) is 5.12. The molecule has 0 aliphatic rings. The van der Waals surface area contributed by atoms with Crippen molar-refractivity contribution in [3.63, 3.8) is 0 Å². The van der Waals surface area contributed by atoms with Gasteiger partial charge in [0.1, 0.15) is 0 Å². The van der Waals surface area contributed by atoms with Crippen LogP contribution in [0.2, 0.25) is 0 Å². The van der Waals surface area contributed by atoms with E-state index in [9.17, 15) is 4.79 Å². The average Bonchev–Trinajstić information content (AvgIpc) is 2.99. The Kier molecular flexibility index (Phi) is 2.97. The van der Waals surface area contributed by atoms with Gasteiger partial charge in [-0.3, -0.25) is 9.78 Å². The van der Waals surface area contributed by atoms with Crippen molar-refractivity contribution in [2.75, 3.05) is 0 Å².